The van der Waals surface area contributed by atoms with Crippen molar-refractivity contribution in [2.45, 2.75) is 41.5 Å². The Hall–Kier alpha value is -1.13. The monoisotopic (exact) mass is 361 g/mol. The highest BCUT2D eigenvalue weighted by Gasteiger charge is 1.92. The lowest BCUT2D eigenvalue weighted by molar-refractivity contribution is -0.109. The Morgan fingerprint density at radius 3 is 1.64 bits per heavy atom. The molecule has 0 aromatic rings. The van der Waals surface area contributed by atoms with Crippen LogP contribution in [0.2, 0.25) is 0 Å². The topological polar surface area (TPSA) is 66.0 Å². The van der Waals surface area contributed by atoms with Crippen LogP contribution in [0.4, 0.5) is 0 Å². The van der Waals surface area contributed by atoms with E-state index in [0.29, 0.717) is 65.8 Å². The average Bonchev–Trinajstić information content (AvgIpc) is 2.60. The van der Waals surface area contributed by atoms with Gasteiger partial charge in [-0.2, -0.15) is 0 Å². The molecular formula is C19H39NO5. The van der Waals surface area contributed by atoms with E-state index >= 15 is 0 Å². The van der Waals surface area contributed by atoms with E-state index in [4.69, 9.17) is 18.9 Å². The number of rotatable bonds is 14. The van der Waals surface area contributed by atoms with Crippen molar-refractivity contribution < 1.29 is 23.7 Å². The fraction of sp³-hybridized carbons (Fsp3) is 0.842. The molecular weight excluding hydrogens is 322 g/mol. The first-order valence-electron chi connectivity index (χ1n) is 9.02. The molecule has 1 N–H and O–H groups in total. The fourth-order valence-electron chi connectivity index (χ4n) is 1.05. The molecule has 150 valence electrons. The van der Waals surface area contributed by atoms with Gasteiger partial charge in [0.2, 0.25) is 6.41 Å². The lowest BCUT2D eigenvalue weighted by Gasteiger charge is -2.06. The number of nitrogens with one attached hydrogen (secondary N) is 1. The van der Waals surface area contributed by atoms with Crippen molar-refractivity contribution in [3.8, 4) is 11.8 Å². The van der Waals surface area contributed by atoms with Gasteiger partial charge in [-0.1, -0.05) is 40.5 Å². The van der Waals surface area contributed by atoms with Crippen LogP contribution in [0, 0.1) is 17.8 Å². The maximum Gasteiger partial charge on any atom is 0.207 e. The zero-order chi connectivity index (χ0) is 19.6. The minimum Gasteiger partial charge on any atom is -0.377 e. The van der Waals surface area contributed by atoms with E-state index in [0.717, 1.165) is 5.92 Å². The average molecular weight is 362 g/mol. The van der Waals surface area contributed by atoms with Crippen LogP contribution in [0.1, 0.15) is 41.5 Å². The van der Waals surface area contributed by atoms with E-state index < -0.39 is 0 Å². The number of carbonyl (C=O) groups excluding carboxylic acids is 1. The van der Waals surface area contributed by atoms with E-state index in [1.807, 2.05) is 13.8 Å². The van der Waals surface area contributed by atoms with Crippen LogP contribution in [-0.4, -0.2) is 65.8 Å². The van der Waals surface area contributed by atoms with Crippen LogP contribution in [0.15, 0.2) is 0 Å². The normalized spacial score (nSPS) is 9.08. The highest BCUT2D eigenvalue weighted by atomic mass is 16.6. The summed E-state index contributed by atoms with van der Waals surface area (Å²) in [6, 6.07) is 0. The van der Waals surface area contributed by atoms with Gasteiger partial charge >= 0.3 is 0 Å². The Labute approximate surface area is 154 Å². The van der Waals surface area contributed by atoms with Gasteiger partial charge in [-0.25, -0.2) is 0 Å². The number of amides is 1. The van der Waals surface area contributed by atoms with Crippen molar-refractivity contribution in [1.29, 1.82) is 0 Å². The standard InChI is InChI=1S/C13H23NO5.C4H10.C2H6/c1-2-3-5-16-7-9-18-11-12-19-10-8-17-6-4-14-13-15;1-4(2)3;1-2/h13H,4-12H2,1H3,(H,14,15);4H,1-3H3;1-2H3. The largest absolute Gasteiger partial charge is 0.377 e. The Kier molecular flexibility index (Phi) is 35.2. The summed E-state index contributed by atoms with van der Waals surface area (Å²) in [5.74, 6) is 6.38. The van der Waals surface area contributed by atoms with Gasteiger partial charge in [0.25, 0.3) is 0 Å². The zero-order valence-corrected chi connectivity index (χ0v) is 17.1. The van der Waals surface area contributed by atoms with Crippen molar-refractivity contribution >= 4 is 6.41 Å². The molecule has 0 saturated heterocycles. The summed E-state index contributed by atoms with van der Waals surface area (Å²) in [4.78, 5) is 9.92. The maximum atomic E-state index is 9.92. The van der Waals surface area contributed by atoms with E-state index in [-0.39, 0.29) is 0 Å². The summed E-state index contributed by atoms with van der Waals surface area (Å²) in [7, 11) is 0. The highest BCUT2D eigenvalue weighted by Crippen LogP contribution is 1.82. The number of hydrogen-bond donors (Lipinski definition) is 1. The third-order valence-corrected chi connectivity index (χ3v) is 1.94. The van der Waals surface area contributed by atoms with Crippen molar-refractivity contribution in [2.75, 3.05) is 59.4 Å². The van der Waals surface area contributed by atoms with E-state index in [2.05, 4.69) is 37.9 Å². The second-order valence-electron chi connectivity index (χ2n) is 5.12. The second kappa shape index (κ2) is 30.7. The molecule has 0 aliphatic carbocycles. The molecule has 0 unspecified atom stereocenters. The lowest BCUT2D eigenvalue weighted by Crippen LogP contribution is -2.19. The van der Waals surface area contributed by atoms with Gasteiger partial charge in [-0.05, 0) is 12.8 Å². The van der Waals surface area contributed by atoms with Crippen molar-refractivity contribution in [3.05, 3.63) is 0 Å². The highest BCUT2D eigenvalue weighted by molar-refractivity contribution is 5.45. The van der Waals surface area contributed by atoms with Crippen LogP contribution in [0.5, 0.6) is 0 Å². The summed E-state index contributed by atoms with van der Waals surface area (Å²) < 4.78 is 20.9. The molecule has 0 fully saturated rings. The van der Waals surface area contributed by atoms with Crippen LogP contribution in [0.3, 0.4) is 0 Å². The van der Waals surface area contributed by atoms with Crippen LogP contribution < -0.4 is 5.32 Å². The van der Waals surface area contributed by atoms with Crippen molar-refractivity contribution in [1.82, 2.24) is 5.32 Å². The molecule has 0 spiro atoms. The molecule has 25 heavy (non-hydrogen) atoms. The van der Waals surface area contributed by atoms with Crippen molar-refractivity contribution in [2.24, 2.45) is 5.92 Å². The minimum atomic E-state index is 0.451. The predicted octanol–water partition coefficient (Wildman–Crippen LogP) is 2.51. The van der Waals surface area contributed by atoms with Gasteiger partial charge in [0.05, 0.1) is 46.2 Å². The molecule has 0 atom stereocenters. The van der Waals surface area contributed by atoms with Gasteiger partial charge in [0.15, 0.2) is 0 Å². The Morgan fingerprint density at radius 1 is 0.840 bits per heavy atom. The summed E-state index contributed by atoms with van der Waals surface area (Å²) in [6.45, 7) is 16.9. The summed E-state index contributed by atoms with van der Waals surface area (Å²) in [5, 5.41) is 2.51. The molecule has 1 amide bonds. The number of carbonyl (C=O) groups is 1. The van der Waals surface area contributed by atoms with E-state index in [1.54, 1.807) is 6.92 Å². The van der Waals surface area contributed by atoms with Crippen molar-refractivity contribution in [3.63, 3.8) is 0 Å². The van der Waals surface area contributed by atoms with Crippen LogP contribution in [-0.2, 0) is 23.7 Å². The Bertz CT molecular complexity index is 285. The third kappa shape index (κ3) is 45.0. The molecule has 0 aromatic heterocycles. The summed E-state index contributed by atoms with van der Waals surface area (Å²) in [6.07, 6.45) is 0.649. The smallest absolute Gasteiger partial charge is 0.207 e. The number of hydrogen-bond acceptors (Lipinski definition) is 5. The SMILES string of the molecule is CC.CC#CCOCCOCCOCCOCCNC=O.CC(C)C. The first-order chi connectivity index (χ1) is 12.1. The molecule has 0 bridgehead atoms. The van der Waals surface area contributed by atoms with Gasteiger partial charge in [0.1, 0.15) is 6.61 Å². The molecule has 6 heteroatoms. The van der Waals surface area contributed by atoms with Gasteiger partial charge < -0.3 is 24.3 Å². The molecule has 0 radical (unpaired) electrons. The lowest BCUT2D eigenvalue weighted by atomic mass is 10.3. The van der Waals surface area contributed by atoms with E-state index in [9.17, 15) is 4.79 Å². The van der Waals surface area contributed by atoms with E-state index in [1.165, 1.54) is 0 Å². The summed E-state index contributed by atoms with van der Waals surface area (Å²) in [5.41, 5.74) is 0. The zero-order valence-electron chi connectivity index (χ0n) is 17.1. The predicted molar refractivity (Wildman–Crippen MR) is 103 cm³/mol. The summed E-state index contributed by atoms with van der Waals surface area (Å²) >= 11 is 0. The minimum absolute atomic E-state index is 0.451. The Morgan fingerprint density at radius 2 is 1.24 bits per heavy atom. The Balaban J connectivity index is -0.000000701. The quantitative estimate of drug-likeness (QED) is 0.293. The van der Waals surface area contributed by atoms with Gasteiger partial charge in [-0.3, -0.25) is 4.79 Å². The molecule has 6 nitrogen and oxygen atoms in total. The maximum absolute atomic E-state index is 9.92. The molecule has 0 saturated carbocycles. The second-order valence-corrected chi connectivity index (χ2v) is 5.12. The van der Waals surface area contributed by atoms with Gasteiger partial charge in [0, 0.05) is 6.54 Å². The van der Waals surface area contributed by atoms with Gasteiger partial charge in [-0.15, -0.1) is 5.92 Å². The molecule has 0 aliphatic rings. The number of ether oxygens (including phenoxy) is 4. The molecule has 0 heterocycles. The molecule has 0 aromatic carbocycles. The molecule has 0 aliphatic heterocycles. The first-order valence-corrected chi connectivity index (χ1v) is 9.02. The molecule has 0 rings (SSSR count). The fourth-order valence-corrected chi connectivity index (χ4v) is 1.05. The van der Waals surface area contributed by atoms with Crippen LogP contribution in [0.25, 0.3) is 0 Å². The van der Waals surface area contributed by atoms with Crippen LogP contribution >= 0.6 is 0 Å². The first kappa shape index (κ1) is 28.7. The third-order valence-electron chi connectivity index (χ3n) is 1.94.